The molecule has 0 aliphatic carbocycles. The minimum Gasteiger partial charge on any atom is -0.379 e. The summed E-state index contributed by atoms with van der Waals surface area (Å²) in [7, 11) is 0. The van der Waals surface area contributed by atoms with Crippen LogP contribution in [0.3, 0.4) is 0 Å². The number of rotatable bonds is 3. The minimum atomic E-state index is 0.348. The Labute approximate surface area is 94.0 Å². The number of hydrogen-bond donors (Lipinski definition) is 1. The molecule has 1 N–H and O–H groups in total. The summed E-state index contributed by atoms with van der Waals surface area (Å²) in [4.78, 5) is 8.46. The lowest BCUT2D eigenvalue weighted by molar-refractivity contribution is 0.195. The molecule has 0 spiro atoms. The predicted molar refractivity (Wildman–Crippen MR) is 59.3 cm³/mol. The zero-order valence-electron chi connectivity index (χ0n) is 8.66. The number of anilines is 1. The Hall–Kier alpha value is -0.870. The summed E-state index contributed by atoms with van der Waals surface area (Å²) in [6.45, 7) is 3.56. The van der Waals surface area contributed by atoms with E-state index in [1.54, 1.807) is 6.07 Å². The molecule has 2 heterocycles. The van der Waals surface area contributed by atoms with Crippen molar-refractivity contribution in [1.82, 2.24) is 9.97 Å². The van der Waals surface area contributed by atoms with Crippen molar-refractivity contribution in [2.45, 2.75) is 25.8 Å². The van der Waals surface area contributed by atoms with Gasteiger partial charge in [0, 0.05) is 19.1 Å². The molecule has 0 bridgehead atoms. The first kappa shape index (κ1) is 10.6. The quantitative estimate of drug-likeness (QED) is 0.802. The van der Waals surface area contributed by atoms with Gasteiger partial charge in [0.05, 0.1) is 12.6 Å². The van der Waals surface area contributed by atoms with E-state index in [9.17, 15) is 0 Å². The molecule has 1 fully saturated rings. The van der Waals surface area contributed by atoms with Gasteiger partial charge in [0.15, 0.2) is 0 Å². The van der Waals surface area contributed by atoms with Crippen molar-refractivity contribution >= 4 is 17.4 Å². The normalized spacial score (nSPS) is 20.5. The van der Waals surface area contributed by atoms with Gasteiger partial charge < -0.3 is 10.1 Å². The average Bonchev–Trinajstić information content (AvgIpc) is 2.69. The molecule has 5 heteroatoms. The molecule has 1 atom stereocenters. The van der Waals surface area contributed by atoms with E-state index in [0.717, 1.165) is 37.7 Å². The Morgan fingerprint density at radius 1 is 1.60 bits per heavy atom. The summed E-state index contributed by atoms with van der Waals surface area (Å²) in [5, 5.41) is 3.78. The van der Waals surface area contributed by atoms with E-state index in [2.05, 4.69) is 15.3 Å². The van der Waals surface area contributed by atoms with E-state index < -0.39 is 0 Å². The standard InChI is InChI=1S/C10H14ClN3O/c1-2-9-13-8(11)5-10(14-9)12-7-3-4-15-6-7/h5,7H,2-4,6H2,1H3,(H,12,13,14). The van der Waals surface area contributed by atoms with Gasteiger partial charge in [-0.05, 0) is 6.42 Å². The summed E-state index contributed by atoms with van der Waals surface area (Å²) in [5.74, 6) is 1.56. The highest BCUT2D eigenvalue weighted by Gasteiger charge is 2.16. The number of nitrogens with zero attached hydrogens (tertiary/aromatic N) is 2. The number of aromatic nitrogens is 2. The summed E-state index contributed by atoms with van der Waals surface area (Å²) >= 11 is 5.89. The van der Waals surface area contributed by atoms with Crippen molar-refractivity contribution in [3.05, 3.63) is 17.0 Å². The van der Waals surface area contributed by atoms with E-state index in [1.165, 1.54) is 0 Å². The van der Waals surface area contributed by atoms with Crippen molar-refractivity contribution in [2.75, 3.05) is 18.5 Å². The summed E-state index contributed by atoms with van der Waals surface area (Å²) in [6, 6.07) is 2.10. The zero-order chi connectivity index (χ0) is 10.7. The van der Waals surface area contributed by atoms with Gasteiger partial charge in [-0.15, -0.1) is 0 Å². The predicted octanol–water partition coefficient (Wildman–Crippen LogP) is 1.89. The second-order valence-electron chi connectivity index (χ2n) is 3.55. The molecular formula is C10H14ClN3O. The first-order valence-electron chi connectivity index (χ1n) is 5.15. The number of aryl methyl sites for hydroxylation is 1. The van der Waals surface area contributed by atoms with Crippen LogP contribution in [0, 0.1) is 0 Å². The van der Waals surface area contributed by atoms with Crippen molar-refractivity contribution < 1.29 is 4.74 Å². The molecule has 0 saturated carbocycles. The molecule has 1 aromatic heterocycles. The van der Waals surface area contributed by atoms with Crippen LogP contribution < -0.4 is 5.32 Å². The third-order valence-electron chi connectivity index (χ3n) is 2.34. The van der Waals surface area contributed by atoms with E-state index in [1.807, 2.05) is 6.92 Å². The van der Waals surface area contributed by atoms with E-state index in [4.69, 9.17) is 16.3 Å². The lowest BCUT2D eigenvalue weighted by atomic mass is 10.2. The highest BCUT2D eigenvalue weighted by Crippen LogP contribution is 2.15. The van der Waals surface area contributed by atoms with Crippen LogP contribution in [0.2, 0.25) is 5.15 Å². The van der Waals surface area contributed by atoms with Gasteiger partial charge in [-0.25, -0.2) is 9.97 Å². The Kier molecular flexibility index (Phi) is 3.38. The van der Waals surface area contributed by atoms with Gasteiger partial charge in [-0.3, -0.25) is 0 Å². The van der Waals surface area contributed by atoms with Gasteiger partial charge in [-0.2, -0.15) is 0 Å². The van der Waals surface area contributed by atoms with Crippen molar-refractivity contribution in [2.24, 2.45) is 0 Å². The molecule has 0 aromatic carbocycles. The van der Waals surface area contributed by atoms with Gasteiger partial charge in [0.2, 0.25) is 0 Å². The lowest BCUT2D eigenvalue weighted by Gasteiger charge is -2.11. The molecule has 1 aromatic rings. The average molecular weight is 228 g/mol. The molecule has 1 aliphatic heterocycles. The van der Waals surface area contributed by atoms with Crippen molar-refractivity contribution in [1.29, 1.82) is 0 Å². The molecule has 1 aliphatic rings. The SMILES string of the molecule is CCc1nc(Cl)cc(NC2CCOC2)n1. The summed E-state index contributed by atoms with van der Waals surface area (Å²) < 4.78 is 5.28. The highest BCUT2D eigenvalue weighted by atomic mass is 35.5. The van der Waals surface area contributed by atoms with Crippen LogP contribution in [0.15, 0.2) is 6.07 Å². The molecule has 15 heavy (non-hydrogen) atoms. The molecule has 1 unspecified atom stereocenters. The number of ether oxygens (including phenoxy) is 1. The monoisotopic (exact) mass is 227 g/mol. The van der Waals surface area contributed by atoms with Gasteiger partial charge in [-0.1, -0.05) is 18.5 Å². The van der Waals surface area contributed by atoms with Crippen LogP contribution in [-0.2, 0) is 11.2 Å². The first-order valence-corrected chi connectivity index (χ1v) is 5.53. The van der Waals surface area contributed by atoms with Crippen LogP contribution in [0.5, 0.6) is 0 Å². The third-order valence-corrected chi connectivity index (χ3v) is 2.53. The van der Waals surface area contributed by atoms with Crippen LogP contribution >= 0.6 is 11.6 Å². The van der Waals surface area contributed by atoms with Crippen LogP contribution in [0.1, 0.15) is 19.2 Å². The second kappa shape index (κ2) is 4.77. The molecule has 0 amide bonds. The van der Waals surface area contributed by atoms with Crippen LogP contribution in [0.4, 0.5) is 5.82 Å². The minimum absolute atomic E-state index is 0.348. The number of halogens is 1. The first-order chi connectivity index (χ1) is 7.28. The molecule has 4 nitrogen and oxygen atoms in total. The fourth-order valence-electron chi connectivity index (χ4n) is 1.55. The lowest BCUT2D eigenvalue weighted by Crippen LogP contribution is -2.20. The topological polar surface area (TPSA) is 47.0 Å². The number of nitrogens with one attached hydrogen (secondary N) is 1. The molecule has 0 radical (unpaired) electrons. The summed E-state index contributed by atoms with van der Waals surface area (Å²) in [5.41, 5.74) is 0. The van der Waals surface area contributed by atoms with Gasteiger partial charge >= 0.3 is 0 Å². The van der Waals surface area contributed by atoms with E-state index in [0.29, 0.717) is 11.2 Å². The summed E-state index contributed by atoms with van der Waals surface area (Å²) in [6.07, 6.45) is 1.81. The molecule has 2 rings (SSSR count). The van der Waals surface area contributed by atoms with Crippen molar-refractivity contribution in [3.63, 3.8) is 0 Å². The van der Waals surface area contributed by atoms with Crippen LogP contribution in [0.25, 0.3) is 0 Å². The van der Waals surface area contributed by atoms with Crippen molar-refractivity contribution in [3.8, 4) is 0 Å². The van der Waals surface area contributed by atoms with Crippen LogP contribution in [-0.4, -0.2) is 29.2 Å². The molecular weight excluding hydrogens is 214 g/mol. The van der Waals surface area contributed by atoms with E-state index >= 15 is 0 Å². The maximum atomic E-state index is 5.89. The Morgan fingerprint density at radius 2 is 2.47 bits per heavy atom. The maximum absolute atomic E-state index is 5.89. The fourth-order valence-corrected chi connectivity index (χ4v) is 1.76. The molecule has 82 valence electrons. The highest BCUT2D eigenvalue weighted by molar-refractivity contribution is 6.29. The Bertz CT molecular complexity index is 339. The Morgan fingerprint density at radius 3 is 3.13 bits per heavy atom. The largest absolute Gasteiger partial charge is 0.379 e. The second-order valence-corrected chi connectivity index (χ2v) is 3.94. The van der Waals surface area contributed by atoms with Gasteiger partial charge in [0.25, 0.3) is 0 Å². The zero-order valence-corrected chi connectivity index (χ0v) is 9.42. The molecule has 1 saturated heterocycles. The fraction of sp³-hybridized carbons (Fsp3) is 0.600. The Balaban J connectivity index is 2.09. The maximum Gasteiger partial charge on any atom is 0.134 e. The smallest absolute Gasteiger partial charge is 0.134 e. The number of hydrogen-bond acceptors (Lipinski definition) is 4. The van der Waals surface area contributed by atoms with E-state index in [-0.39, 0.29) is 0 Å². The third kappa shape index (κ3) is 2.79. The van der Waals surface area contributed by atoms with Gasteiger partial charge in [0.1, 0.15) is 16.8 Å².